The molecule has 0 aliphatic heterocycles. The Morgan fingerprint density at radius 1 is 1.55 bits per heavy atom. The zero-order chi connectivity index (χ0) is 8.10. The lowest BCUT2D eigenvalue weighted by Crippen LogP contribution is -1.87. The Morgan fingerprint density at radius 3 is 2.73 bits per heavy atom. The van der Waals surface area contributed by atoms with E-state index in [9.17, 15) is 0 Å². The van der Waals surface area contributed by atoms with Crippen molar-refractivity contribution in [2.75, 3.05) is 0 Å². The lowest BCUT2D eigenvalue weighted by Gasteiger charge is -2.01. The van der Waals surface area contributed by atoms with Crippen molar-refractivity contribution in [2.45, 2.75) is 13.0 Å². The van der Waals surface area contributed by atoms with Gasteiger partial charge < -0.3 is 0 Å². The SMILES string of the molecule is CC(N=C=S)c1ccncc1. The van der Waals surface area contributed by atoms with Gasteiger partial charge in [-0.25, -0.2) is 4.99 Å². The van der Waals surface area contributed by atoms with Crippen LogP contribution in [0.3, 0.4) is 0 Å². The molecule has 0 aliphatic carbocycles. The van der Waals surface area contributed by atoms with E-state index in [4.69, 9.17) is 0 Å². The predicted molar refractivity (Wildman–Crippen MR) is 47.7 cm³/mol. The van der Waals surface area contributed by atoms with E-state index in [1.54, 1.807) is 12.4 Å². The van der Waals surface area contributed by atoms with Crippen LogP contribution in [0.25, 0.3) is 0 Å². The molecule has 56 valence electrons. The van der Waals surface area contributed by atoms with Crippen LogP contribution in [0.4, 0.5) is 0 Å². The van der Waals surface area contributed by atoms with Crippen LogP contribution in [0.1, 0.15) is 18.5 Å². The number of nitrogens with zero attached hydrogens (tertiary/aromatic N) is 2. The summed E-state index contributed by atoms with van der Waals surface area (Å²) in [7, 11) is 0. The molecule has 2 nitrogen and oxygen atoms in total. The molecule has 0 N–H and O–H groups in total. The molecule has 1 rings (SSSR count). The first-order chi connectivity index (χ1) is 5.34. The highest BCUT2D eigenvalue weighted by molar-refractivity contribution is 7.78. The average molecular weight is 164 g/mol. The molecule has 3 heteroatoms. The Morgan fingerprint density at radius 2 is 2.18 bits per heavy atom. The molecule has 11 heavy (non-hydrogen) atoms. The van der Waals surface area contributed by atoms with Gasteiger partial charge in [0.25, 0.3) is 0 Å². The summed E-state index contributed by atoms with van der Waals surface area (Å²) in [6.07, 6.45) is 3.48. The second-order valence-electron chi connectivity index (χ2n) is 2.18. The van der Waals surface area contributed by atoms with Gasteiger partial charge in [-0.15, -0.1) is 0 Å². The van der Waals surface area contributed by atoms with Gasteiger partial charge in [0.1, 0.15) is 0 Å². The van der Waals surface area contributed by atoms with Crippen LogP contribution in [-0.4, -0.2) is 10.1 Å². The highest BCUT2D eigenvalue weighted by Crippen LogP contribution is 2.13. The van der Waals surface area contributed by atoms with Crippen LogP contribution in [0, 0.1) is 0 Å². The molecule has 1 aromatic heterocycles. The maximum Gasteiger partial charge on any atom is 0.0825 e. The Bertz CT molecular complexity index is 265. The molecule has 0 spiro atoms. The summed E-state index contributed by atoms with van der Waals surface area (Å²) < 4.78 is 0. The average Bonchev–Trinajstić information content (AvgIpc) is 2.07. The monoisotopic (exact) mass is 164 g/mol. The molecule has 0 radical (unpaired) electrons. The van der Waals surface area contributed by atoms with Gasteiger partial charge in [0, 0.05) is 12.4 Å². The van der Waals surface area contributed by atoms with Crippen molar-refractivity contribution < 1.29 is 0 Å². The highest BCUT2D eigenvalue weighted by atomic mass is 32.1. The van der Waals surface area contributed by atoms with E-state index in [-0.39, 0.29) is 6.04 Å². The first-order valence-corrected chi connectivity index (χ1v) is 3.72. The lowest BCUT2D eigenvalue weighted by atomic mass is 10.1. The number of hydrogen-bond acceptors (Lipinski definition) is 3. The molecular weight excluding hydrogens is 156 g/mol. The molecule has 1 aromatic rings. The quantitative estimate of drug-likeness (QED) is 0.494. The Kier molecular flexibility index (Phi) is 2.90. The maximum absolute atomic E-state index is 4.50. The smallest absolute Gasteiger partial charge is 0.0825 e. The Hall–Kier alpha value is -1.05. The molecule has 0 saturated heterocycles. The fourth-order valence-electron chi connectivity index (χ4n) is 0.796. The van der Waals surface area contributed by atoms with E-state index in [0.717, 1.165) is 5.56 Å². The second kappa shape index (κ2) is 3.96. The highest BCUT2D eigenvalue weighted by Gasteiger charge is 1.99. The number of hydrogen-bond donors (Lipinski definition) is 0. The van der Waals surface area contributed by atoms with Crippen molar-refractivity contribution in [3.63, 3.8) is 0 Å². The van der Waals surface area contributed by atoms with Crippen molar-refractivity contribution in [1.29, 1.82) is 0 Å². The molecule has 0 aliphatic rings. The summed E-state index contributed by atoms with van der Waals surface area (Å²) in [4.78, 5) is 7.83. The first-order valence-electron chi connectivity index (χ1n) is 3.31. The van der Waals surface area contributed by atoms with Gasteiger partial charge in [-0.3, -0.25) is 4.98 Å². The van der Waals surface area contributed by atoms with E-state index in [1.807, 2.05) is 19.1 Å². The van der Waals surface area contributed by atoms with Crippen LogP contribution in [-0.2, 0) is 0 Å². The van der Waals surface area contributed by atoms with Gasteiger partial charge in [-0.1, -0.05) is 0 Å². The minimum absolute atomic E-state index is 0.0931. The molecule has 1 atom stereocenters. The van der Waals surface area contributed by atoms with Crippen molar-refractivity contribution in [3.05, 3.63) is 30.1 Å². The van der Waals surface area contributed by atoms with E-state index in [1.165, 1.54) is 0 Å². The Labute approximate surface area is 71.0 Å². The number of pyridine rings is 1. The number of rotatable bonds is 2. The number of aromatic nitrogens is 1. The second-order valence-corrected chi connectivity index (χ2v) is 2.36. The van der Waals surface area contributed by atoms with Crippen LogP contribution in [0.2, 0.25) is 0 Å². The van der Waals surface area contributed by atoms with Gasteiger partial charge in [-0.2, -0.15) is 0 Å². The van der Waals surface area contributed by atoms with E-state index in [0.29, 0.717) is 0 Å². The summed E-state index contributed by atoms with van der Waals surface area (Å²) in [5.74, 6) is 0. The van der Waals surface area contributed by atoms with Gasteiger partial charge in [-0.05, 0) is 36.8 Å². The van der Waals surface area contributed by atoms with Crippen molar-refractivity contribution in [2.24, 2.45) is 4.99 Å². The fraction of sp³-hybridized carbons (Fsp3) is 0.250. The molecule has 0 saturated carbocycles. The topological polar surface area (TPSA) is 25.2 Å². The number of isothiocyanates is 1. The van der Waals surface area contributed by atoms with Crippen LogP contribution >= 0.6 is 12.2 Å². The van der Waals surface area contributed by atoms with E-state index < -0.39 is 0 Å². The van der Waals surface area contributed by atoms with Gasteiger partial charge >= 0.3 is 0 Å². The standard InChI is InChI=1S/C8H8N2S/c1-7(10-6-11)8-2-4-9-5-3-8/h2-5,7H,1H3. The summed E-state index contributed by atoms with van der Waals surface area (Å²) in [5, 5.41) is 2.35. The number of thiocarbonyl (C=S) groups is 1. The third kappa shape index (κ3) is 2.22. The molecule has 0 amide bonds. The summed E-state index contributed by atoms with van der Waals surface area (Å²) in [6, 6.07) is 3.93. The van der Waals surface area contributed by atoms with Crippen molar-refractivity contribution in [3.8, 4) is 0 Å². The van der Waals surface area contributed by atoms with Crippen LogP contribution < -0.4 is 0 Å². The lowest BCUT2D eigenvalue weighted by molar-refractivity contribution is 0.825. The first kappa shape index (κ1) is 8.05. The van der Waals surface area contributed by atoms with Gasteiger partial charge in [0.2, 0.25) is 0 Å². The summed E-state index contributed by atoms with van der Waals surface area (Å²) >= 11 is 4.50. The van der Waals surface area contributed by atoms with E-state index in [2.05, 4.69) is 27.4 Å². The minimum Gasteiger partial charge on any atom is -0.265 e. The molecule has 1 heterocycles. The van der Waals surface area contributed by atoms with Gasteiger partial charge in [0.05, 0.1) is 11.2 Å². The molecule has 0 aromatic carbocycles. The zero-order valence-corrected chi connectivity index (χ0v) is 7.01. The minimum atomic E-state index is 0.0931. The largest absolute Gasteiger partial charge is 0.265 e. The van der Waals surface area contributed by atoms with Crippen LogP contribution in [0.15, 0.2) is 29.5 Å². The molecule has 0 bridgehead atoms. The van der Waals surface area contributed by atoms with Crippen molar-refractivity contribution in [1.82, 2.24) is 4.98 Å². The Balaban J connectivity index is 2.84. The summed E-state index contributed by atoms with van der Waals surface area (Å²) in [6.45, 7) is 1.97. The number of aliphatic imine (C=N–C) groups is 1. The molecule has 1 unspecified atom stereocenters. The third-order valence-corrected chi connectivity index (χ3v) is 1.54. The summed E-state index contributed by atoms with van der Waals surface area (Å²) in [5.41, 5.74) is 1.11. The van der Waals surface area contributed by atoms with E-state index >= 15 is 0 Å². The van der Waals surface area contributed by atoms with Crippen LogP contribution in [0.5, 0.6) is 0 Å². The molecule has 0 fully saturated rings. The fourth-order valence-corrected chi connectivity index (χ4v) is 0.954. The normalized spacial score (nSPS) is 11.7. The van der Waals surface area contributed by atoms with Gasteiger partial charge in [0.15, 0.2) is 0 Å². The predicted octanol–water partition coefficient (Wildman–Crippen LogP) is 2.25. The molecular formula is C8H8N2S. The third-order valence-electron chi connectivity index (χ3n) is 1.43. The zero-order valence-electron chi connectivity index (χ0n) is 6.19. The maximum atomic E-state index is 4.50. The van der Waals surface area contributed by atoms with Crippen molar-refractivity contribution >= 4 is 17.4 Å².